The number of thiophene rings is 1. The highest BCUT2D eigenvalue weighted by Gasteiger charge is 2.10. The summed E-state index contributed by atoms with van der Waals surface area (Å²) in [4.78, 5) is 12.4. The van der Waals surface area contributed by atoms with Crippen LogP contribution < -0.4 is 5.32 Å². The Morgan fingerprint density at radius 2 is 2.47 bits per heavy atom. The van der Waals surface area contributed by atoms with E-state index in [4.69, 9.17) is 4.74 Å². The Hall–Kier alpha value is -0.910. The summed E-state index contributed by atoms with van der Waals surface area (Å²) in [6.07, 6.45) is 0.335. The van der Waals surface area contributed by atoms with Crippen molar-refractivity contribution in [2.45, 2.75) is 25.9 Å². The number of carbonyl (C=O) groups is 1. The SMILES string of the molecule is CCOC(=O)CC(O)CNCCc1cccs1. The number of rotatable bonds is 8. The normalized spacial score (nSPS) is 12.4. The number of carbonyl (C=O) groups excluding carboxylic acids is 1. The first-order chi connectivity index (χ1) is 8.22. The zero-order valence-electron chi connectivity index (χ0n) is 10.0. The summed E-state index contributed by atoms with van der Waals surface area (Å²) < 4.78 is 4.75. The summed E-state index contributed by atoms with van der Waals surface area (Å²) in [6.45, 7) is 3.34. The number of ether oxygens (including phenoxy) is 1. The lowest BCUT2D eigenvalue weighted by Crippen LogP contribution is -2.30. The summed E-state index contributed by atoms with van der Waals surface area (Å²) >= 11 is 1.72. The van der Waals surface area contributed by atoms with Crippen LogP contribution >= 0.6 is 11.3 Å². The number of hydrogen-bond donors (Lipinski definition) is 2. The monoisotopic (exact) mass is 257 g/mol. The lowest BCUT2D eigenvalue weighted by Gasteiger charge is -2.10. The van der Waals surface area contributed by atoms with E-state index in [9.17, 15) is 9.90 Å². The molecular formula is C12H19NO3S. The van der Waals surface area contributed by atoms with E-state index in [2.05, 4.69) is 11.4 Å². The smallest absolute Gasteiger partial charge is 0.308 e. The number of aliphatic hydroxyl groups is 1. The molecule has 0 radical (unpaired) electrons. The van der Waals surface area contributed by atoms with Gasteiger partial charge in [0, 0.05) is 18.0 Å². The molecule has 0 bridgehead atoms. The molecule has 1 aromatic heterocycles. The molecule has 1 aromatic rings. The first kappa shape index (κ1) is 14.2. The van der Waals surface area contributed by atoms with E-state index >= 15 is 0 Å². The van der Waals surface area contributed by atoms with E-state index < -0.39 is 6.10 Å². The second-order valence-electron chi connectivity index (χ2n) is 3.70. The summed E-state index contributed by atoms with van der Waals surface area (Å²) in [6, 6.07) is 4.11. The van der Waals surface area contributed by atoms with Crippen LogP contribution in [-0.4, -0.2) is 36.9 Å². The molecule has 0 amide bonds. The number of nitrogens with one attached hydrogen (secondary N) is 1. The Morgan fingerprint density at radius 3 is 3.12 bits per heavy atom. The number of aliphatic hydroxyl groups excluding tert-OH is 1. The molecule has 2 N–H and O–H groups in total. The maximum absolute atomic E-state index is 11.1. The standard InChI is InChI=1S/C12H19NO3S/c1-2-16-12(15)8-10(14)9-13-6-5-11-4-3-7-17-11/h3-4,7,10,13-14H,2,5-6,8-9H2,1H3. The molecular weight excluding hydrogens is 238 g/mol. The van der Waals surface area contributed by atoms with Gasteiger partial charge in [0.25, 0.3) is 0 Å². The van der Waals surface area contributed by atoms with Crippen molar-refractivity contribution >= 4 is 17.3 Å². The Kier molecular flexibility index (Phi) is 6.84. The van der Waals surface area contributed by atoms with Gasteiger partial charge in [0.05, 0.1) is 19.1 Å². The average molecular weight is 257 g/mol. The van der Waals surface area contributed by atoms with Crippen molar-refractivity contribution < 1.29 is 14.6 Å². The minimum Gasteiger partial charge on any atom is -0.466 e. The van der Waals surface area contributed by atoms with Gasteiger partial charge in [0.1, 0.15) is 0 Å². The molecule has 0 spiro atoms. The van der Waals surface area contributed by atoms with Gasteiger partial charge in [-0.1, -0.05) is 6.07 Å². The van der Waals surface area contributed by atoms with E-state index in [0.29, 0.717) is 13.2 Å². The van der Waals surface area contributed by atoms with Crippen molar-refractivity contribution in [2.75, 3.05) is 19.7 Å². The van der Waals surface area contributed by atoms with Crippen LogP contribution in [-0.2, 0) is 16.0 Å². The third-order valence-electron chi connectivity index (χ3n) is 2.22. The van der Waals surface area contributed by atoms with Gasteiger partial charge in [-0.3, -0.25) is 4.79 Å². The van der Waals surface area contributed by atoms with Crippen molar-refractivity contribution in [3.63, 3.8) is 0 Å². The molecule has 1 heterocycles. The summed E-state index contributed by atoms with van der Waals surface area (Å²) in [7, 11) is 0. The number of hydrogen-bond acceptors (Lipinski definition) is 5. The van der Waals surface area contributed by atoms with Crippen LogP contribution in [0.4, 0.5) is 0 Å². The fourth-order valence-electron chi connectivity index (χ4n) is 1.42. The highest BCUT2D eigenvalue weighted by molar-refractivity contribution is 7.09. The molecule has 1 unspecified atom stereocenters. The van der Waals surface area contributed by atoms with Crippen molar-refractivity contribution in [3.8, 4) is 0 Å². The van der Waals surface area contributed by atoms with Crippen LogP contribution in [0.25, 0.3) is 0 Å². The Bertz CT molecular complexity index is 314. The summed E-state index contributed by atoms with van der Waals surface area (Å²) in [5.41, 5.74) is 0. The van der Waals surface area contributed by atoms with Crippen LogP contribution in [0.3, 0.4) is 0 Å². The molecule has 5 heteroatoms. The molecule has 0 saturated heterocycles. The maximum atomic E-state index is 11.1. The fourth-order valence-corrected chi connectivity index (χ4v) is 2.13. The minimum atomic E-state index is -0.669. The molecule has 0 aliphatic carbocycles. The molecule has 0 saturated carbocycles. The van der Waals surface area contributed by atoms with E-state index in [0.717, 1.165) is 13.0 Å². The van der Waals surface area contributed by atoms with Gasteiger partial charge in [-0.25, -0.2) is 0 Å². The van der Waals surface area contributed by atoms with Crippen LogP contribution in [0.1, 0.15) is 18.2 Å². The molecule has 0 aromatic carbocycles. The molecule has 1 rings (SSSR count). The molecule has 17 heavy (non-hydrogen) atoms. The molecule has 1 atom stereocenters. The van der Waals surface area contributed by atoms with Crippen molar-refractivity contribution in [1.82, 2.24) is 5.32 Å². The van der Waals surface area contributed by atoms with Crippen molar-refractivity contribution in [2.24, 2.45) is 0 Å². The molecule has 96 valence electrons. The Balaban J connectivity index is 2.04. The Morgan fingerprint density at radius 1 is 1.65 bits per heavy atom. The van der Waals surface area contributed by atoms with Crippen LogP contribution in [0.2, 0.25) is 0 Å². The van der Waals surface area contributed by atoms with Gasteiger partial charge >= 0.3 is 5.97 Å². The third-order valence-corrected chi connectivity index (χ3v) is 3.15. The van der Waals surface area contributed by atoms with E-state index in [1.165, 1.54) is 4.88 Å². The Labute approximate surface area is 106 Å². The zero-order chi connectivity index (χ0) is 12.5. The van der Waals surface area contributed by atoms with Crippen LogP contribution in [0.15, 0.2) is 17.5 Å². The van der Waals surface area contributed by atoms with Gasteiger partial charge in [-0.15, -0.1) is 11.3 Å². The minimum absolute atomic E-state index is 0.0554. The van der Waals surface area contributed by atoms with Crippen molar-refractivity contribution in [3.05, 3.63) is 22.4 Å². The topological polar surface area (TPSA) is 58.6 Å². The highest BCUT2D eigenvalue weighted by atomic mass is 32.1. The maximum Gasteiger partial charge on any atom is 0.308 e. The second kappa shape index (κ2) is 8.22. The average Bonchev–Trinajstić information content (AvgIpc) is 2.77. The number of esters is 1. The lowest BCUT2D eigenvalue weighted by molar-refractivity contribution is -0.145. The summed E-state index contributed by atoms with van der Waals surface area (Å²) in [5, 5.41) is 14.7. The molecule has 0 fully saturated rings. The fraction of sp³-hybridized carbons (Fsp3) is 0.583. The van der Waals surface area contributed by atoms with E-state index in [1.807, 2.05) is 11.4 Å². The van der Waals surface area contributed by atoms with Crippen LogP contribution in [0.5, 0.6) is 0 Å². The predicted octanol–water partition coefficient (Wildman–Crippen LogP) is 1.19. The van der Waals surface area contributed by atoms with Crippen molar-refractivity contribution in [1.29, 1.82) is 0 Å². The van der Waals surface area contributed by atoms with Gasteiger partial charge in [0.15, 0.2) is 0 Å². The second-order valence-corrected chi connectivity index (χ2v) is 4.73. The lowest BCUT2D eigenvalue weighted by atomic mass is 10.2. The first-order valence-corrected chi connectivity index (χ1v) is 6.67. The largest absolute Gasteiger partial charge is 0.466 e. The molecule has 4 nitrogen and oxygen atoms in total. The quantitative estimate of drug-likeness (QED) is 0.542. The highest BCUT2D eigenvalue weighted by Crippen LogP contribution is 2.08. The first-order valence-electron chi connectivity index (χ1n) is 5.79. The predicted molar refractivity (Wildman–Crippen MR) is 68.1 cm³/mol. The van der Waals surface area contributed by atoms with Crippen LogP contribution in [0, 0.1) is 0 Å². The van der Waals surface area contributed by atoms with E-state index in [1.54, 1.807) is 18.3 Å². The van der Waals surface area contributed by atoms with E-state index in [-0.39, 0.29) is 12.4 Å². The van der Waals surface area contributed by atoms with Gasteiger partial charge in [-0.05, 0) is 24.8 Å². The van der Waals surface area contributed by atoms with Gasteiger partial charge < -0.3 is 15.2 Å². The zero-order valence-corrected chi connectivity index (χ0v) is 10.8. The third kappa shape index (κ3) is 6.41. The molecule has 0 aliphatic rings. The van der Waals surface area contributed by atoms with Gasteiger partial charge in [-0.2, -0.15) is 0 Å². The summed E-state index contributed by atoms with van der Waals surface area (Å²) in [5.74, 6) is -0.347. The molecule has 0 aliphatic heterocycles. The van der Waals surface area contributed by atoms with Gasteiger partial charge in [0.2, 0.25) is 0 Å².